The van der Waals surface area contributed by atoms with Crippen molar-refractivity contribution in [2.75, 3.05) is 19.6 Å². The van der Waals surface area contributed by atoms with Crippen molar-refractivity contribution in [3.63, 3.8) is 0 Å². The van der Waals surface area contributed by atoms with Gasteiger partial charge in [-0.05, 0) is 36.2 Å². The maximum absolute atomic E-state index is 12.2. The molecular formula is C21H24N2O4. The molecule has 2 aromatic carbocycles. The number of aliphatic carboxylic acids is 1. The van der Waals surface area contributed by atoms with Gasteiger partial charge in [0.05, 0.1) is 12.5 Å². The van der Waals surface area contributed by atoms with E-state index in [9.17, 15) is 9.59 Å². The number of hydrogen-bond donors (Lipinski definition) is 2. The Balaban J connectivity index is 1.49. The number of amides is 1. The number of para-hydroxylation sites is 1. The minimum absolute atomic E-state index is 0.0974. The van der Waals surface area contributed by atoms with Crippen LogP contribution in [0.1, 0.15) is 17.5 Å². The molecule has 142 valence electrons. The Hall–Kier alpha value is -2.86. The number of hydrogen-bond acceptors (Lipinski definition) is 4. The second-order valence-corrected chi connectivity index (χ2v) is 6.71. The molecule has 1 aliphatic rings. The first-order valence-electron chi connectivity index (χ1n) is 9.08. The molecule has 1 aliphatic heterocycles. The fourth-order valence-corrected chi connectivity index (χ4v) is 3.18. The molecule has 1 amide bonds. The molecule has 1 saturated heterocycles. The normalized spacial score (nSPS) is 16.8. The van der Waals surface area contributed by atoms with Crippen LogP contribution in [0.25, 0.3) is 0 Å². The fraction of sp³-hybridized carbons (Fsp3) is 0.333. The number of benzene rings is 2. The number of carboxylic acid groups (broad SMARTS) is 1. The molecule has 6 nitrogen and oxygen atoms in total. The number of nitrogens with zero attached hydrogens (tertiary/aromatic N) is 1. The maximum atomic E-state index is 12.2. The number of carbonyl (C=O) groups excluding carboxylic acids is 1. The van der Waals surface area contributed by atoms with Crippen molar-refractivity contribution in [2.24, 2.45) is 5.92 Å². The van der Waals surface area contributed by atoms with Gasteiger partial charge in [0.15, 0.2) is 0 Å². The van der Waals surface area contributed by atoms with Crippen molar-refractivity contribution in [3.8, 4) is 5.75 Å². The highest BCUT2D eigenvalue weighted by Gasteiger charge is 2.28. The lowest BCUT2D eigenvalue weighted by atomic mass is 10.1. The number of nitrogens with one attached hydrogen (secondary N) is 1. The lowest BCUT2D eigenvalue weighted by Gasteiger charge is -2.16. The summed E-state index contributed by atoms with van der Waals surface area (Å²) < 4.78 is 5.80. The molecule has 2 aromatic rings. The average Bonchev–Trinajstić information content (AvgIpc) is 3.15. The van der Waals surface area contributed by atoms with Gasteiger partial charge in [0.2, 0.25) is 5.91 Å². The van der Waals surface area contributed by atoms with E-state index in [-0.39, 0.29) is 18.4 Å². The Bertz CT molecular complexity index is 779. The van der Waals surface area contributed by atoms with Gasteiger partial charge in [0, 0.05) is 13.1 Å². The third kappa shape index (κ3) is 5.56. The van der Waals surface area contributed by atoms with Gasteiger partial charge < -0.3 is 15.2 Å². The van der Waals surface area contributed by atoms with Crippen molar-refractivity contribution < 1.29 is 19.4 Å². The van der Waals surface area contributed by atoms with Gasteiger partial charge in [-0.25, -0.2) is 0 Å². The Morgan fingerprint density at radius 1 is 1.07 bits per heavy atom. The maximum Gasteiger partial charge on any atom is 0.307 e. The van der Waals surface area contributed by atoms with E-state index in [0.29, 0.717) is 32.7 Å². The van der Waals surface area contributed by atoms with Crippen LogP contribution in [-0.4, -0.2) is 41.5 Å². The standard InChI is InChI=1S/C21H24N2O4/c24-20(14-23-11-10-17(13-23)21(25)26)22-12-16-6-4-5-7-18(16)15-27-19-8-2-1-3-9-19/h1-9,17H,10-15H2,(H,22,24)(H,25,26). The zero-order chi connectivity index (χ0) is 19.1. The van der Waals surface area contributed by atoms with Gasteiger partial charge >= 0.3 is 5.97 Å². The molecule has 0 aliphatic carbocycles. The SMILES string of the molecule is O=C(CN1CCC(C(=O)O)C1)NCc1ccccc1COc1ccccc1. The molecule has 6 heteroatoms. The van der Waals surface area contributed by atoms with Crippen LogP contribution in [0.5, 0.6) is 5.75 Å². The number of carboxylic acids is 1. The summed E-state index contributed by atoms with van der Waals surface area (Å²) in [6, 6.07) is 17.5. The van der Waals surface area contributed by atoms with Crippen LogP contribution in [0, 0.1) is 5.92 Å². The Morgan fingerprint density at radius 2 is 1.78 bits per heavy atom. The van der Waals surface area contributed by atoms with E-state index in [1.54, 1.807) is 0 Å². The first-order valence-corrected chi connectivity index (χ1v) is 9.08. The number of ether oxygens (including phenoxy) is 1. The predicted octanol–water partition coefficient (Wildman–Crippen LogP) is 2.29. The largest absolute Gasteiger partial charge is 0.489 e. The molecule has 1 fully saturated rings. The van der Waals surface area contributed by atoms with Crippen molar-refractivity contribution in [2.45, 2.75) is 19.6 Å². The van der Waals surface area contributed by atoms with Crippen LogP contribution in [0.15, 0.2) is 54.6 Å². The van der Waals surface area contributed by atoms with Gasteiger partial charge in [-0.15, -0.1) is 0 Å². The van der Waals surface area contributed by atoms with E-state index >= 15 is 0 Å². The van der Waals surface area contributed by atoms with Crippen LogP contribution in [0.4, 0.5) is 0 Å². The van der Waals surface area contributed by atoms with E-state index in [0.717, 1.165) is 16.9 Å². The first-order chi connectivity index (χ1) is 13.1. The van der Waals surface area contributed by atoms with Crippen molar-refractivity contribution in [3.05, 3.63) is 65.7 Å². The monoisotopic (exact) mass is 368 g/mol. The predicted molar refractivity (Wildman–Crippen MR) is 101 cm³/mol. The molecular weight excluding hydrogens is 344 g/mol. The summed E-state index contributed by atoms with van der Waals surface area (Å²) in [5.41, 5.74) is 2.03. The minimum atomic E-state index is -0.787. The van der Waals surface area contributed by atoms with Gasteiger partial charge in [-0.3, -0.25) is 14.5 Å². The number of carbonyl (C=O) groups is 2. The van der Waals surface area contributed by atoms with Crippen molar-refractivity contribution in [1.29, 1.82) is 0 Å². The van der Waals surface area contributed by atoms with Gasteiger partial charge in [0.1, 0.15) is 12.4 Å². The summed E-state index contributed by atoms with van der Waals surface area (Å²) in [4.78, 5) is 25.1. The second kappa shape index (κ2) is 9.19. The van der Waals surface area contributed by atoms with Crippen molar-refractivity contribution >= 4 is 11.9 Å². The first kappa shape index (κ1) is 18.9. The molecule has 0 bridgehead atoms. The van der Waals surface area contributed by atoms with E-state index < -0.39 is 5.97 Å². The molecule has 0 spiro atoms. The highest BCUT2D eigenvalue weighted by atomic mass is 16.5. The summed E-state index contributed by atoms with van der Waals surface area (Å²) in [5.74, 6) is -0.447. The highest BCUT2D eigenvalue weighted by molar-refractivity contribution is 5.78. The fourth-order valence-electron chi connectivity index (χ4n) is 3.18. The van der Waals surface area contributed by atoms with Gasteiger partial charge in [0.25, 0.3) is 0 Å². The molecule has 3 rings (SSSR count). The second-order valence-electron chi connectivity index (χ2n) is 6.71. The Morgan fingerprint density at radius 3 is 2.48 bits per heavy atom. The van der Waals surface area contributed by atoms with E-state index in [4.69, 9.17) is 9.84 Å². The third-order valence-corrected chi connectivity index (χ3v) is 4.72. The van der Waals surface area contributed by atoms with Crippen LogP contribution in [-0.2, 0) is 22.7 Å². The summed E-state index contributed by atoms with van der Waals surface area (Å²) >= 11 is 0. The van der Waals surface area contributed by atoms with E-state index in [1.807, 2.05) is 59.5 Å². The molecule has 0 aromatic heterocycles. The summed E-state index contributed by atoms with van der Waals surface area (Å²) in [6.07, 6.45) is 0.599. The molecule has 27 heavy (non-hydrogen) atoms. The summed E-state index contributed by atoms with van der Waals surface area (Å²) in [7, 11) is 0. The van der Waals surface area contributed by atoms with E-state index in [2.05, 4.69) is 5.32 Å². The zero-order valence-electron chi connectivity index (χ0n) is 15.1. The van der Waals surface area contributed by atoms with Crippen LogP contribution in [0.3, 0.4) is 0 Å². The number of likely N-dealkylation sites (tertiary alicyclic amines) is 1. The number of rotatable bonds is 8. The molecule has 2 N–H and O–H groups in total. The smallest absolute Gasteiger partial charge is 0.307 e. The summed E-state index contributed by atoms with van der Waals surface area (Å²) in [6.45, 7) is 2.16. The molecule has 1 heterocycles. The average molecular weight is 368 g/mol. The lowest BCUT2D eigenvalue weighted by molar-refractivity contribution is -0.141. The van der Waals surface area contributed by atoms with Crippen LogP contribution >= 0.6 is 0 Å². The van der Waals surface area contributed by atoms with E-state index in [1.165, 1.54) is 0 Å². The molecule has 1 unspecified atom stereocenters. The highest BCUT2D eigenvalue weighted by Crippen LogP contribution is 2.16. The van der Waals surface area contributed by atoms with Gasteiger partial charge in [-0.2, -0.15) is 0 Å². The minimum Gasteiger partial charge on any atom is -0.489 e. The topological polar surface area (TPSA) is 78.9 Å². The van der Waals surface area contributed by atoms with Gasteiger partial charge in [-0.1, -0.05) is 42.5 Å². The third-order valence-electron chi connectivity index (χ3n) is 4.72. The van der Waals surface area contributed by atoms with Crippen LogP contribution in [0.2, 0.25) is 0 Å². The lowest BCUT2D eigenvalue weighted by Crippen LogP contribution is -2.36. The summed E-state index contributed by atoms with van der Waals surface area (Å²) in [5, 5.41) is 12.0. The Kier molecular flexibility index (Phi) is 6.44. The molecule has 0 saturated carbocycles. The molecule has 0 radical (unpaired) electrons. The Labute approximate surface area is 158 Å². The van der Waals surface area contributed by atoms with Crippen molar-refractivity contribution in [1.82, 2.24) is 10.2 Å². The van der Waals surface area contributed by atoms with Crippen LogP contribution < -0.4 is 10.1 Å². The quantitative estimate of drug-likeness (QED) is 0.747. The molecule has 1 atom stereocenters. The zero-order valence-corrected chi connectivity index (χ0v) is 15.1.